The van der Waals surface area contributed by atoms with Crippen LogP contribution in [0.1, 0.15) is 35.7 Å². The number of esters is 1. The summed E-state index contributed by atoms with van der Waals surface area (Å²) in [6.07, 6.45) is 0.790. The van der Waals surface area contributed by atoms with Gasteiger partial charge < -0.3 is 35.2 Å². The standard InChI is InChI=1S/C25H29N4O8/c1-2-36-24(32)19(14-30)26-23(31)16-7-8-21(22(13-16)29(34)35)27-11-9-18(10-12-27)28-20-6-4-3-5-17(20)15-37-25(28)33/h3-8,13,18-19,30,34H,2,9-12,14-15H2,1H3,(H,26,31)/q-1. The van der Waals surface area contributed by atoms with Gasteiger partial charge in [0.2, 0.25) is 0 Å². The SMILES string of the molecule is CCOC(=O)C(CO)NC(=O)c1ccc(N2CCC(N3C(=O)OCc4ccccc43)CC2)c(N([O-])O)c1. The van der Waals surface area contributed by atoms with Crippen LogP contribution < -0.4 is 20.3 Å². The number of hydrogen-bond donors (Lipinski definition) is 3. The lowest BCUT2D eigenvalue weighted by molar-refractivity contribution is -0.146. The van der Waals surface area contributed by atoms with Crippen LogP contribution in [0.5, 0.6) is 0 Å². The molecule has 2 aliphatic rings. The minimum absolute atomic E-state index is 0.0129. The predicted octanol–water partition coefficient (Wildman–Crippen LogP) is 2.16. The fraction of sp³-hybridized carbons (Fsp3) is 0.400. The molecule has 2 amide bonds. The van der Waals surface area contributed by atoms with Crippen molar-refractivity contribution in [3.8, 4) is 0 Å². The quantitative estimate of drug-likeness (QED) is 0.353. The van der Waals surface area contributed by atoms with E-state index in [1.165, 1.54) is 18.2 Å². The van der Waals surface area contributed by atoms with E-state index in [4.69, 9.17) is 9.47 Å². The lowest BCUT2D eigenvalue weighted by Gasteiger charge is -2.42. The smallest absolute Gasteiger partial charge is 0.414 e. The predicted molar refractivity (Wildman–Crippen MR) is 133 cm³/mol. The molecule has 1 atom stereocenters. The van der Waals surface area contributed by atoms with Crippen LogP contribution in [0.25, 0.3) is 0 Å². The third kappa shape index (κ3) is 5.61. The number of rotatable bonds is 8. The van der Waals surface area contributed by atoms with Gasteiger partial charge in [-0.25, -0.2) is 9.59 Å². The van der Waals surface area contributed by atoms with Crippen molar-refractivity contribution in [3.63, 3.8) is 0 Å². The Morgan fingerprint density at radius 3 is 2.62 bits per heavy atom. The number of anilines is 3. The maximum Gasteiger partial charge on any atom is 0.414 e. The van der Waals surface area contributed by atoms with Gasteiger partial charge in [0.15, 0.2) is 6.04 Å². The average Bonchev–Trinajstić information content (AvgIpc) is 2.91. The number of hydrogen-bond acceptors (Lipinski definition) is 10. The van der Waals surface area contributed by atoms with Gasteiger partial charge in [-0.15, -0.1) is 0 Å². The molecule has 12 heteroatoms. The van der Waals surface area contributed by atoms with Crippen molar-refractivity contribution in [1.29, 1.82) is 0 Å². The summed E-state index contributed by atoms with van der Waals surface area (Å²) in [5, 5.41) is 33.2. The zero-order chi connectivity index (χ0) is 26.5. The number of aliphatic hydroxyl groups excluding tert-OH is 1. The van der Waals surface area contributed by atoms with Crippen LogP contribution in [-0.4, -0.2) is 66.7 Å². The largest absolute Gasteiger partial charge is 0.733 e. The second kappa shape index (κ2) is 11.5. The molecule has 2 aromatic carbocycles. The van der Waals surface area contributed by atoms with Gasteiger partial charge in [0.1, 0.15) is 6.61 Å². The monoisotopic (exact) mass is 513 g/mol. The van der Waals surface area contributed by atoms with Gasteiger partial charge >= 0.3 is 12.1 Å². The number of nitrogens with zero attached hydrogens (tertiary/aromatic N) is 3. The van der Waals surface area contributed by atoms with Crippen molar-refractivity contribution in [2.75, 3.05) is 41.3 Å². The molecule has 0 aromatic heterocycles. The maximum absolute atomic E-state index is 12.6. The van der Waals surface area contributed by atoms with Gasteiger partial charge in [0, 0.05) is 30.3 Å². The highest BCUT2D eigenvalue weighted by atomic mass is 16.8. The van der Waals surface area contributed by atoms with Gasteiger partial charge in [0.05, 0.1) is 30.3 Å². The molecule has 1 fully saturated rings. The fourth-order valence-corrected chi connectivity index (χ4v) is 4.63. The highest BCUT2D eigenvalue weighted by Gasteiger charge is 2.34. The molecule has 0 aliphatic carbocycles. The van der Waals surface area contributed by atoms with Crippen LogP contribution in [-0.2, 0) is 20.9 Å². The highest BCUT2D eigenvalue weighted by molar-refractivity contribution is 5.98. The van der Waals surface area contributed by atoms with Crippen LogP contribution in [0.15, 0.2) is 42.5 Å². The van der Waals surface area contributed by atoms with Gasteiger partial charge in [-0.05, 0) is 44.0 Å². The van der Waals surface area contributed by atoms with Gasteiger partial charge in [-0.2, -0.15) is 0 Å². The number of fused-ring (bicyclic) bond motifs is 1. The summed E-state index contributed by atoms with van der Waals surface area (Å²) in [5.74, 6) is -1.51. The fourth-order valence-electron chi connectivity index (χ4n) is 4.63. The lowest BCUT2D eigenvalue weighted by atomic mass is 9.99. The Morgan fingerprint density at radius 1 is 1.22 bits per heavy atom. The molecular weight excluding hydrogens is 484 g/mol. The third-order valence-electron chi connectivity index (χ3n) is 6.47. The van der Waals surface area contributed by atoms with E-state index < -0.39 is 30.6 Å². The first-order valence-electron chi connectivity index (χ1n) is 12.0. The van der Waals surface area contributed by atoms with Crippen LogP contribution in [0.3, 0.4) is 0 Å². The number of carbonyl (C=O) groups excluding carboxylic acids is 3. The number of aliphatic hydroxyl groups is 1. The average molecular weight is 514 g/mol. The molecule has 3 N–H and O–H groups in total. The summed E-state index contributed by atoms with van der Waals surface area (Å²) < 4.78 is 10.2. The summed E-state index contributed by atoms with van der Waals surface area (Å²) >= 11 is 0. The lowest BCUT2D eigenvalue weighted by Crippen LogP contribution is -2.49. The minimum atomic E-state index is -1.27. The third-order valence-corrected chi connectivity index (χ3v) is 6.47. The van der Waals surface area contributed by atoms with E-state index in [2.05, 4.69) is 5.32 Å². The first-order valence-corrected chi connectivity index (χ1v) is 12.0. The number of amides is 2. The normalized spacial score (nSPS) is 16.5. The molecular formula is C25H29N4O8-. The van der Waals surface area contributed by atoms with Gasteiger partial charge in [0.25, 0.3) is 5.91 Å². The molecule has 0 radical (unpaired) electrons. The molecule has 0 saturated carbocycles. The van der Waals surface area contributed by atoms with Crippen LogP contribution in [0.4, 0.5) is 21.9 Å². The van der Waals surface area contributed by atoms with Crippen molar-refractivity contribution in [2.24, 2.45) is 0 Å². The minimum Gasteiger partial charge on any atom is -0.733 e. The summed E-state index contributed by atoms with van der Waals surface area (Å²) in [5.41, 5.74) is 2.05. The maximum atomic E-state index is 12.6. The Bertz CT molecular complexity index is 1150. The van der Waals surface area contributed by atoms with Gasteiger partial charge in [-0.1, -0.05) is 18.2 Å². The molecule has 1 saturated heterocycles. The highest BCUT2D eigenvalue weighted by Crippen LogP contribution is 2.35. The van der Waals surface area contributed by atoms with Crippen molar-refractivity contribution in [3.05, 3.63) is 58.8 Å². The molecule has 2 aliphatic heterocycles. The molecule has 2 aromatic rings. The Balaban J connectivity index is 1.47. The number of nitrogens with one attached hydrogen (secondary N) is 1. The zero-order valence-electron chi connectivity index (χ0n) is 20.3. The summed E-state index contributed by atoms with van der Waals surface area (Å²) in [4.78, 5) is 40.6. The van der Waals surface area contributed by atoms with E-state index in [1.54, 1.807) is 11.8 Å². The molecule has 0 spiro atoms. The number of ether oxygens (including phenoxy) is 2. The van der Waals surface area contributed by atoms with Crippen LogP contribution >= 0.6 is 0 Å². The molecule has 198 valence electrons. The Morgan fingerprint density at radius 2 is 1.95 bits per heavy atom. The molecule has 37 heavy (non-hydrogen) atoms. The van der Waals surface area contributed by atoms with Gasteiger partial charge in [-0.3, -0.25) is 14.9 Å². The number of benzene rings is 2. The summed E-state index contributed by atoms with van der Waals surface area (Å²) in [6.45, 7) is 2.23. The second-order valence-corrected chi connectivity index (χ2v) is 8.71. The van der Waals surface area contributed by atoms with E-state index in [-0.39, 0.29) is 35.7 Å². The van der Waals surface area contributed by atoms with E-state index in [1.807, 2.05) is 29.2 Å². The number of carbonyl (C=O) groups is 3. The Kier molecular flexibility index (Phi) is 8.11. The second-order valence-electron chi connectivity index (χ2n) is 8.71. The molecule has 1 unspecified atom stereocenters. The molecule has 4 rings (SSSR count). The molecule has 0 bridgehead atoms. The van der Waals surface area contributed by atoms with Crippen molar-refractivity contribution in [2.45, 2.75) is 38.5 Å². The first kappa shape index (κ1) is 26.2. The number of piperidine rings is 1. The van der Waals surface area contributed by atoms with E-state index >= 15 is 0 Å². The summed E-state index contributed by atoms with van der Waals surface area (Å²) in [6, 6.07) is 10.4. The van der Waals surface area contributed by atoms with Crippen molar-refractivity contribution in [1.82, 2.24) is 5.32 Å². The molecule has 12 nitrogen and oxygen atoms in total. The summed E-state index contributed by atoms with van der Waals surface area (Å²) in [7, 11) is 0. The van der Waals surface area contributed by atoms with E-state index in [9.17, 15) is 29.9 Å². The van der Waals surface area contributed by atoms with Crippen molar-refractivity contribution < 1.29 is 34.2 Å². The van der Waals surface area contributed by atoms with Crippen LogP contribution in [0.2, 0.25) is 0 Å². The van der Waals surface area contributed by atoms with Crippen LogP contribution in [0, 0.1) is 5.21 Å². The number of para-hydroxylation sites is 1. The van der Waals surface area contributed by atoms with E-state index in [0.29, 0.717) is 31.6 Å². The van der Waals surface area contributed by atoms with Crippen molar-refractivity contribution >= 4 is 35.0 Å². The first-order chi connectivity index (χ1) is 17.8. The Hall–Kier alpha value is -3.87. The Labute approximate surface area is 213 Å². The van der Waals surface area contributed by atoms with E-state index in [0.717, 1.165) is 11.3 Å². The number of cyclic esters (lactones) is 1. The molecule has 2 heterocycles. The topological polar surface area (TPSA) is 155 Å². The zero-order valence-corrected chi connectivity index (χ0v) is 20.3.